The van der Waals surface area contributed by atoms with E-state index in [1.807, 2.05) is 30.3 Å². The number of fused-ring (bicyclic) bond motifs is 1. The van der Waals surface area contributed by atoms with Crippen molar-refractivity contribution in [3.63, 3.8) is 0 Å². The second kappa shape index (κ2) is 2.53. The van der Waals surface area contributed by atoms with Crippen LogP contribution in [0.15, 0.2) is 24.3 Å². The lowest BCUT2D eigenvalue weighted by Gasteiger charge is -1.94. The van der Waals surface area contributed by atoms with Crippen molar-refractivity contribution in [1.82, 2.24) is 4.57 Å². The molecule has 0 saturated carbocycles. The summed E-state index contributed by atoms with van der Waals surface area (Å²) in [6.45, 7) is 0. The first-order valence-corrected chi connectivity index (χ1v) is 3.92. The first-order valence-electron chi connectivity index (χ1n) is 3.92. The molecule has 0 bridgehead atoms. The maximum absolute atomic E-state index is 9.56. The zero-order valence-electron chi connectivity index (χ0n) is 7.15. The van der Waals surface area contributed by atoms with Crippen molar-refractivity contribution in [2.24, 2.45) is 7.05 Å². The van der Waals surface area contributed by atoms with Gasteiger partial charge in [-0.1, -0.05) is 18.2 Å². The van der Waals surface area contributed by atoms with Crippen LogP contribution in [0, 0.1) is 11.3 Å². The van der Waals surface area contributed by atoms with E-state index in [9.17, 15) is 5.11 Å². The zero-order valence-corrected chi connectivity index (χ0v) is 7.15. The maximum atomic E-state index is 9.56. The fourth-order valence-corrected chi connectivity index (χ4v) is 1.49. The smallest absolute Gasteiger partial charge is 0.210 e. The van der Waals surface area contributed by atoms with Crippen molar-refractivity contribution in [1.29, 1.82) is 5.26 Å². The summed E-state index contributed by atoms with van der Waals surface area (Å²) in [6, 6.07) is 9.41. The van der Waals surface area contributed by atoms with E-state index < -0.39 is 0 Å². The number of aryl methyl sites for hydroxylation is 1. The molecule has 0 fully saturated rings. The van der Waals surface area contributed by atoms with Gasteiger partial charge in [0.15, 0.2) is 0 Å². The molecule has 0 aliphatic heterocycles. The molecule has 0 spiro atoms. The Hall–Kier alpha value is -1.95. The number of benzene rings is 1. The highest BCUT2D eigenvalue weighted by atomic mass is 16.3. The molecule has 0 unspecified atom stereocenters. The molecule has 0 atom stereocenters. The molecule has 64 valence electrons. The van der Waals surface area contributed by atoms with Gasteiger partial charge in [0, 0.05) is 12.4 Å². The van der Waals surface area contributed by atoms with E-state index in [1.54, 1.807) is 11.6 Å². The van der Waals surface area contributed by atoms with E-state index in [2.05, 4.69) is 0 Å². The molecule has 0 aliphatic carbocycles. The minimum Gasteiger partial charge on any atom is -0.493 e. The van der Waals surface area contributed by atoms with Crippen molar-refractivity contribution in [3.05, 3.63) is 29.8 Å². The lowest BCUT2D eigenvalue weighted by molar-refractivity contribution is 0.433. The molecule has 13 heavy (non-hydrogen) atoms. The Bertz CT molecular complexity index is 505. The standard InChI is InChI=1S/C10H8N2O/c1-12-9-5-3-2-4-7(9)8(6-11)10(12)13/h2-5,13H,1H3. The molecule has 1 heterocycles. The summed E-state index contributed by atoms with van der Waals surface area (Å²) in [5.74, 6) is 0.0312. The summed E-state index contributed by atoms with van der Waals surface area (Å²) in [4.78, 5) is 0. The fourth-order valence-electron chi connectivity index (χ4n) is 1.49. The van der Waals surface area contributed by atoms with Crippen LogP contribution in [0.25, 0.3) is 10.9 Å². The summed E-state index contributed by atoms with van der Waals surface area (Å²) < 4.78 is 1.61. The molecule has 2 rings (SSSR count). The van der Waals surface area contributed by atoms with Crippen LogP contribution in [0.1, 0.15) is 5.56 Å². The lowest BCUT2D eigenvalue weighted by Crippen LogP contribution is -1.84. The Morgan fingerprint density at radius 2 is 2.08 bits per heavy atom. The normalized spacial score (nSPS) is 10.2. The minimum absolute atomic E-state index is 0.0312. The number of hydrogen-bond acceptors (Lipinski definition) is 2. The summed E-state index contributed by atoms with van der Waals surface area (Å²) in [6.07, 6.45) is 0. The predicted octanol–water partition coefficient (Wildman–Crippen LogP) is 1.76. The van der Waals surface area contributed by atoms with Gasteiger partial charge >= 0.3 is 0 Å². The van der Waals surface area contributed by atoms with Crippen LogP contribution in [-0.2, 0) is 7.05 Å². The molecule has 3 nitrogen and oxygen atoms in total. The highest BCUT2D eigenvalue weighted by Crippen LogP contribution is 2.28. The van der Waals surface area contributed by atoms with E-state index >= 15 is 0 Å². The number of rotatable bonds is 0. The molecule has 1 aromatic carbocycles. The number of nitrogens with zero attached hydrogens (tertiary/aromatic N) is 2. The molecule has 3 heteroatoms. The first kappa shape index (κ1) is 7.69. The Morgan fingerprint density at radius 3 is 2.77 bits per heavy atom. The summed E-state index contributed by atoms with van der Waals surface area (Å²) in [5.41, 5.74) is 1.22. The topological polar surface area (TPSA) is 49.0 Å². The van der Waals surface area contributed by atoms with E-state index in [0.29, 0.717) is 5.56 Å². The minimum atomic E-state index is 0.0312. The number of nitriles is 1. The molecule has 0 aliphatic rings. The Labute approximate surface area is 75.4 Å². The van der Waals surface area contributed by atoms with E-state index in [-0.39, 0.29) is 5.88 Å². The summed E-state index contributed by atoms with van der Waals surface area (Å²) in [7, 11) is 1.73. The van der Waals surface area contributed by atoms with E-state index in [4.69, 9.17) is 5.26 Å². The maximum Gasteiger partial charge on any atom is 0.210 e. The summed E-state index contributed by atoms with van der Waals surface area (Å²) >= 11 is 0. The first-order chi connectivity index (χ1) is 6.25. The van der Waals surface area contributed by atoms with Crippen molar-refractivity contribution >= 4 is 10.9 Å². The number of aromatic nitrogens is 1. The van der Waals surface area contributed by atoms with Gasteiger partial charge in [0.1, 0.15) is 11.6 Å². The second-order valence-electron chi connectivity index (χ2n) is 2.89. The van der Waals surface area contributed by atoms with Gasteiger partial charge in [0.25, 0.3) is 0 Å². The average Bonchev–Trinajstić information content (AvgIpc) is 2.41. The molecule has 0 saturated heterocycles. The SMILES string of the molecule is Cn1c(O)c(C#N)c2ccccc21. The van der Waals surface area contributed by atoms with Crippen LogP contribution in [0.2, 0.25) is 0 Å². The quantitative estimate of drug-likeness (QED) is 0.658. The Balaban J connectivity index is 3.00. The van der Waals surface area contributed by atoms with Crippen molar-refractivity contribution < 1.29 is 5.11 Å². The van der Waals surface area contributed by atoms with Crippen LogP contribution < -0.4 is 0 Å². The van der Waals surface area contributed by atoms with Crippen molar-refractivity contribution in [3.8, 4) is 11.9 Å². The fraction of sp³-hybridized carbons (Fsp3) is 0.100. The van der Waals surface area contributed by atoms with Gasteiger partial charge in [-0.05, 0) is 6.07 Å². The van der Waals surface area contributed by atoms with Gasteiger partial charge in [-0.3, -0.25) is 0 Å². The van der Waals surface area contributed by atoms with Gasteiger partial charge < -0.3 is 9.67 Å². The average molecular weight is 172 g/mol. The van der Waals surface area contributed by atoms with E-state index in [1.165, 1.54) is 0 Å². The van der Waals surface area contributed by atoms with Gasteiger partial charge in [0.05, 0.1) is 5.52 Å². The number of aromatic hydroxyl groups is 1. The van der Waals surface area contributed by atoms with Crippen LogP contribution >= 0.6 is 0 Å². The molecule has 1 N–H and O–H groups in total. The van der Waals surface area contributed by atoms with Crippen LogP contribution in [-0.4, -0.2) is 9.67 Å². The van der Waals surface area contributed by atoms with Gasteiger partial charge in [-0.15, -0.1) is 0 Å². The van der Waals surface area contributed by atoms with E-state index in [0.717, 1.165) is 10.9 Å². The molecule has 0 radical (unpaired) electrons. The van der Waals surface area contributed by atoms with Gasteiger partial charge in [-0.2, -0.15) is 5.26 Å². The second-order valence-corrected chi connectivity index (χ2v) is 2.89. The highest BCUT2D eigenvalue weighted by molar-refractivity contribution is 5.89. The molecule has 0 amide bonds. The third-order valence-electron chi connectivity index (χ3n) is 2.19. The molecule has 1 aromatic heterocycles. The predicted molar refractivity (Wildman–Crippen MR) is 49.3 cm³/mol. The van der Waals surface area contributed by atoms with Crippen LogP contribution in [0.3, 0.4) is 0 Å². The molecular weight excluding hydrogens is 164 g/mol. The Kier molecular flexibility index (Phi) is 1.49. The Morgan fingerprint density at radius 1 is 1.38 bits per heavy atom. The number of para-hydroxylation sites is 1. The summed E-state index contributed by atoms with van der Waals surface area (Å²) in [5, 5.41) is 19.2. The lowest BCUT2D eigenvalue weighted by atomic mass is 10.2. The highest BCUT2D eigenvalue weighted by Gasteiger charge is 2.12. The third kappa shape index (κ3) is 0.890. The molecular formula is C10H8N2O. The van der Waals surface area contributed by atoms with Crippen LogP contribution in [0.4, 0.5) is 0 Å². The largest absolute Gasteiger partial charge is 0.493 e. The van der Waals surface area contributed by atoms with Crippen LogP contribution in [0.5, 0.6) is 5.88 Å². The van der Waals surface area contributed by atoms with Crippen molar-refractivity contribution in [2.75, 3.05) is 0 Å². The third-order valence-corrected chi connectivity index (χ3v) is 2.19. The monoisotopic (exact) mass is 172 g/mol. The molecule has 2 aromatic rings. The van der Waals surface area contributed by atoms with Crippen molar-refractivity contribution in [2.45, 2.75) is 0 Å². The number of hydrogen-bond donors (Lipinski definition) is 1. The van der Waals surface area contributed by atoms with Gasteiger partial charge in [0.2, 0.25) is 5.88 Å². The van der Waals surface area contributed by atoms with Gasteiger partial charge in [-0.25, -0.2) is 0 Å². The zero-order chi connectivity index (χ0) is 9.42.